The van der Waals surface area contributed by atoms with Gasteiger partial charge in [0.05, 0.1) is 11.3 Å². The monoisotopic (exact) mass is 295 g/mol. The minimum Gasteiger partial charge on any atom is -0.382 e. The topological polar surface area (TPSA) is 44.4 Å². The van der Waals surface area contributed by atoms with E-state index in [0.717, 1.165) is 6.54 Å². The summed E-state index contributed by atoms with van der Waals surface area (Å²) in [7, 11) is 3.93. The maximum atomic E-state index is 13.9. The lowest BCUT2D eigenvalue weighted by atomic mass is 10.0. The van der Waals surface area contributed by atoms with Crippen LogP contribution in [0.25, 0.3) is 0 Å². The predicted molar refractivity (Wildman–Crippen MR) is 85.2 cm³/mol. The second kappa shape index (κ2) is 7.98. The fraction of sp³-hybridized carbons (Fsp3) is 0.562. The normalized spacial score (nSPS) is 12.6. The Morgan fingerprint density at radius 2 is 2.00 bits per heavy atom. The summed E-state index contributed by atoms with van der Waals surface area (Å²) < 4.78 is 13.9. The Balaban J connectivity index is 2.94. The van der Waals surface area contributed by atoms with Gasteiger partial charge in [-0.3, -0.25) is 4.79 Å². The van der Waals surface area contributed by atoms with E-state index >= 15 is 0 Å². The molecule has 0 bridgehead atoms. The van der Waals surface area contributed by atoms with Crippen LogP contribution in [0.4, 0.5) is 10.1 Å². The van der Waals surface area contributed by atoms with E-state index in [-0.39, 0.29) is 17.6 Å². The third kappa shape index (κ3) is 5.01. The van der Waals surface area contributed by atoms with E-state index in [9.17, 15) is 9.18 Å². The molecule has 1 amide bonds. The molecule has 21 heavy (non-hydrogen) atoms. The van der Waals surface area contributed by atoms with Gasteiger partial charge in [0, 0.05) is 19.1 Å². The highest BCUT2D eigenvalue weighted by Gasteiger charge is 2.20. The first-order chi connectivity index (χ1) is 9.86. The molecule has 1 aromatic carbocycles. The second-order valence-corrected chi connectivity index (χ2v) is 5.78. The largest absolute Gasteiger partial charge is 0.382 e. The predicted octanol–water partition coefficient (Wildman–Crippen LogP) is 2.57. The summed E-state index contributed by atoms with van der Waals surface area (Å²) in [6.07, 6.45) is 0. The Labute approximate surface area is 126 Å². The number of halogens is 1. The van der Waals surface area contributed by atoms with Crippen molar-refractivity contribution >= 4 is 11.6 Å². The molecule has 0 spiro atoms. The van der Waals surface area contributed by atoms with Gasteiger partial charge in [0.2, 0.25) is 0 Å². The molecule has 1 rings (SSSR count). The molecule has 1 aromatic rings. The molecule has 2 N–H and O–H groups in total. The number of nitrogens with zero attached hydrogens (tertiary/aromatic N) is 1. The first-order valence-corrected chi connectivity index (χ1v) is 7.34. The van der Waals surface area contributed by atoms with Crippen molar-refractivity contribution in [2.24, 2.45) is 5.92 Å². The SMILES string of the molecule is CCNc1c(F)cccc1C(=O)NC(CN(C)C)C(C)C. The lowest BCUT2D eigenvalue weighted by molar-refractivity contribution is 0.0917. The minimum absolute atomic E-state index is 0.0187. The molecule has 0 saturated carbocycles. The van der Waals surface area contributed by atoms with Gasteiger partial charge in [0.25, 0.3) is 5.91 Å². The van der Waals surface area contributed by atoms with Gasteiger partial charge < -0.3 is 15.5 Å². The number of para-hydroxylation sites is 1. The second-order valence-electron chi connectivity index (χ2n) is 5.78. The fourth-order valence-corrected chi connectivity index (χ4v) is 2.13. The highest BCUT2D eigenvalue weighted by molar-refractivity contribution is 5.99. The van der Waals surface area contributed by atoms with Crippen molar-refractivity contribution in [2.75, 3.05) is 32.5 Å². The van der Waals surface area contributed by atoms with Gasteiger partial charge in [-0.2, -0.15) is 0 Å². The molecular formula is C16H26FN3O. The van der Waals surface area contributed by atoms with Crippen LogP contribution >= 0.6 is 0 Å². The van der Waals surface area contributed by atoms with Crippen molar-refractivity contribution in [3.63, 3.8) is 0 Å². The van der Waals surface area contributed by atoms with Crippen LogP contribution in [-0.2, 0) is 0 Å². The minimum atomic E-state index is -0.404. The third-order valence-electron chi connectivity index (χ3n) is 3.29. The fourth-order valence-electron chi connectivity index (χ4n) is 2.13. The number of hydrogen-bond donors (Lipinski definition) is 2. The molecule has 1 atom stereocenters. The molecule has 4 nitrogen and oxygen atoms in total. The van der Waals surface area contributed by atoms with Crippen LogP contribution in [0, 0.1) is 11.7 Å². The van der Waals surface area contributed by atoms with Crippen molar-refractivity contribution in [1.82, 2.24) is 10.2 Å². The summed E-state index contributed by atoms with van der Waals surface area (Å²) in [5, 5.41) is 5.93. The molecule has 1 unspecified atom stereocenters. The summed E-state index contributed by atoms with van der Waals surface area (Å²) in [5.41, 5.74) is 0.617. The molecule has 0 aliphatic rings. The lowest BCUT2D eigenvalue weighted by Gasteiger charge is -2.26. The molecule has 0 fully saturated rings. The Morgan fingerprint density at radius 3 is 2.52 bits per heavy atom. The summed E-state index contributed by atoms with van der Waals surface area (Å²) in [6.45, 7) is 7.30. The van der Waals surface area contributed by atoms with E-state index in [1.54, 1.807) is 12.1 Å². The average Bonchev–Trinajstić information content (AvgIpc) is 2.39. The Kier molecular flexibility index (Phi) is 6.62. The third-order valence-corrected chi connectivity index (χ3v) is 3.29. The average molecular weight is 295 g/mol. The summed E-state index contributed by atoms with van der Waals surface area (Å²) in [5.74, 6) is -0.350. The quantitative estimate of drug-likeness (QED) is 0.812. The van der Waals surface area contributed by atoms with E-state index in [1.165, 1.54) is 6.07 Å². The number of benzene rings is 1. The highest BCUT2D eigenvalue weighted by Crippen LogP contribution is 2.20. The smallest absolute Gasteiger partial charge is 0.253 e. The zero-order valence-electron chi connectivity index (χ0n) is 13.5. The van der Waals surface area contributed by atoms with Gasteiger partial charge in [-0.05, 0) is 39.1 Å². The van der Waals surface area contributed by atoms with Crippen molar-refractivity contribution in [3.05, 3.63) is 29.6 Å². The molecule has 118 valence electrons. The zero-order valence-corrected chi connectivity index (χ0v) is 13.5. The first-order valence-electron chi connectivity index (χ1n) is 7.34. The van der Waals surface area contributed by atoms with Gasteiger partial charge in [-0.1, -0.05) is 19.9 Å². The summed E-state index contributed by atoms with van der Waals surface area (Å²) in [4.78, 5) is 14.5. The van der Waals surface area contributed by atoms with E-state index in [1.807, 2.05) is 25.9 Å². The molecule has 0 radical (unpaired) electrons. The molecule has 0 aliphatic heterocycles. The number of carbonyl (C=O) groups excluding carboxylic acids is 1. The van der Waals surface area contributed by atoms with Crippen molar-refractivity contribution < 1.29 is 9.18 Å². The molecule has 0 aromatic heterocycles. The van der Waals surface area contributed by atoms with E-state index in [2.05, 4.69) is 24.5 Å². The highest BCUT2D eigenvalue weighted by atomic mass is 19.1. The van der Waals surface area contributed by atoms with Crippen molar-refractivity contribution in [2.45, 2.75) is 26.8 Å². The van der Waals surface area contributed by atoms with E-state index in [0.29, 0.717) is 18.0 Å². The van der Waals surface area contributed by atoms with Gasteiger partial charge in [-0.15, -0.1) is 0 Å². The van der Waals surface area contributed by atoms with Crippen LogP contribution in [-0.4, -0.2) is 44.0 Å². The molecule has 0 saturated heterocycles. The maximum absolute atomic E-state index is 13.9. The van der Waals surface area contributed by atoms with E-state index < -0.39 is 5.82 Å². The molecule has 0 aliphatic carbocycles. The number of rotatable bonds is 7. The zero-order chi connectivity index (χ0) is 16.0. The Bertz CT molecular complexity index is 475. The number of carbonyl (C=O) groups is 1. The van der Waals surface area contributed by atoms with Crippen LogP contribution in [0.3, 0.4) is 0 Å². The standard InChI is InChI=1S/C16H26FN3O/c1-6-18-15-12(8-7-9-13(15)17)16(21)19-14(11(2)3)10-20(4)5/h7-9,11,14,18H,6,10H2,1-5H3,(H,19,21). The van der Waals surface area contributed by atoms with Gasteiger partial charge in [-0.25, -0.2) is 4.39 Å². The van der Waals surface area contributed by atoms with Gasteiger partial charge >= 0.3 is 0 Å². The Hall–Kier alpha value is -1.62. The maximum Gasteiger partial charge on any atom is 0.253 e. The first kappa shape index (κ1) is 17.4. The van der Waals surface area contributed by atoms with Crippen LogP contribution in [0.15, 0.2) is 18.2 Å². The van der Waals surface area contributed by atoms with Crippen LogP contribution in [0.1, 0.15) is 31.1 Å². The van der Waals surface area contributed by atoms with Crippen LogP contribution in [0.5, 0.6) is 0 Å². The number of nitrogens with one attached hydrogen (secondary N) is 2. The van der Waals surface area contributed by atoms with Crippen molar-refractivity contribution in [1.29, 1.82) is 0 Å². The molecular weight excluding hydrogens is 269 g/mol. The number of amides is 1. The lowest BCUT2D eigenvalue weighted by Crippen LogP contribution is -2.45. The number of anilines is 1. The summed E-state index contributed by atoms with van der Waals surface area (Å²) >= 11 is 0. The molecule has 5 heteroatoms. The van der Waals surface area contributed by atoms with Gasteiger partial charge in [0.15, 0.2) is 0 Å². The van der Waals surface area contributed by atoms with Crippen LogP contribution in [0.2, 0.25) is 0 Å². The molecule has 0 heterocycles. The van der Waals surface area contributed by atoms with Crippen molar-refractivity contribution in [3.8, 4) is 0 Å². The number of likely N-dealkylation sites (N-methyl/N-ethyl adjacent to an activating group) is 1. The number of hydrogen-bond acceptors (Lipinski definition) is 3. The van der Waals surface area contributed by atoms with Crippen LogP contribution < -0.4 is 10.6 Å². The van der Waals surface area contributed by atoms with E-state index in [4.69, 9.17) is 0 Å². The summed E-state index contributed by atoms with van der Waals surface area (Å²) in [6, 6.07) is 4.57. The van der Waals surface area contributed by atoms with Gasteiger partial charge in [0.1, 0.15) is 5.82 Å². The Morgan fingerprint density at radius 1 is 1.33 bits per heavy atom.